The average molecular weight is 150 g/mol. The Morgan fingerprint density at radius 1 is 1.64 bits per heavy atom. The second kappa shape index (κ2) is 3.49. The fourth-order valence-electron chi connectivity index (χ4n) is 1.16. The third-order valence-electron chi connectivity index (χ3n) is 1.75. The van der Waals surface area contributed by atoms with E-state index in [1.807, 2.05) is 25.3 Å². The Kier molecular flexibility index (Phi) is 2.60. The van der Waals surface area contributed by atoms with Gasteiger partial charge < -0.3 is 5.73 Å². The molecule has 0 fully saturated rings. The minimum absolute atomic E-state index is 0.0960. The molecule has 0 aliphatic heterocycles. The van der Waals surface area contributed by atoms with Crippen LogP contribution >= 0.6 is 0 Å². The highest BCUT2D eigenvalue weighted by Gasteiger charge is 2.03. The number of hydrogen-bond donors (Lipinski definition) is 1. The van der Waals surface area contributed by atoms with E-state index in [2.05, 4.69) is 11.9 Å². The molecule has 0 saturated heterocycles. The topological polar surface area (TPSA) is 38.9 Å². The maximum absolute atomic E-state index is 5.75. The van der Waals surface area contributed by atoms with Crippen molar-refractivity contribution in [2.75, 3.05) is 0 Å². The fraction of sp³-hybridized carbons (Fsp3) is 0.444. The van der Waals surface area contributed by atoms with Gasteiger partial charge in [0.25, 0.3) is 0 Å². The molecule has 2 heteroatoms. The lowest BCUT2D eigenvalue weighted by atomic mass is 10.1. The zero-order valence-electron chi connectivity index (χ0n) is 7.04. The van der Waals surface area contributed by atoms with Crippen LogP contribution in [0.1, 0.15) is 31.1 Å². The van der Waals surface area contributed by atoms with E-state index >= 15 is 0 Å². The van der Waals surface area contributed by atoms with Gasteiger partial charge in [-0.05, 0) is 25.0 Å². The summed E-state index contributed by atoms with van der Waals surface area (Å²) in [4.78, 5) is 4.24. The maximum atomic E-state index is 5.75. The molecule has 1 aromatic heterocycles. The minimum Gasteiger partial charge on any atom is -0.324 e. The summed E-state index contributed by atoms with van der Waals surface area (Å²) in [6.45, 7) is 4.07. The van der Waals surface area contributed by atoms with Crippen LogP contribution in [0.3, 0.4) is 0 Å². The molecule has 1 rings (SSSR count). The standard InChI is InChI=1S/C9H14N2/c1-3-9-8(7(2)10)5-4-6-11-9/h4-7H,3,10H2,1-2H3. The third-order valence-corrected chi connectivity index (χ3v) is 1.75. The molecule has 60 valence electrons. The lowest BCUT2D eigenvalue weighted by molar-refractivity contribution is 0.786. The summed E-state index contributed by atoms with van der Waals surface area (Å²) in [5.41, 5.74) is 8.03. The molecule has 0 aliphatic carbocycles. The molecule has 0 radical (unpaired) electrons. The van der Waals surface area contributed by atoms with E-state index in [1.54, 1.807) is 0 Å². The van der Waals surface area contributed by atoms with Crippen LogP contribution in [0.2, 0.25) is 0 Å². The van der Waals surface area contributed by atoms with Gasteiger partial charge in [0.05, 0.1) is 0 Å². The molecule has 1 heterocycles. The molecule has 1 unspecified atom stereocenters. The summed E-state index contributed by atoms with van der Waals surface area (Å²) in [5.74, 6) is 0. The zero-order chi connectivity index (χ0) is 8.27. The normalized spacial score (nSPS) is 13.0. The Morgan fingerprint density at radius 3 is 2.82 bits per heavy atom. The van der Waals surface area contributed by atoms with Gasteiger partial charge in [-0.15, -0.1) is 0 Å². The van der Waals surface area contributed by atoms with E-state index in [0.717, 1.165) is 17.7 Å². The van der Waals surface area contributed by atoms with Crippen LogP contribution in [0.5, 0.6) is 0 Å². The Hall–Kier alpha value is -0.890. The zero-order valence-corrected chi connectivity index (χ0v) is 7.04. The van der Waals surface area contributed by atoms with E-state index in [-0.39, 0.29) is 6.04 Å². The monoisotopic (exact) mass is 150 g/mol. The first-order valence-electron chi connectivity index (χ1n) is 3.95. The molecule has 2 N–H and O–H groups in total. The lowest BCUT2D eigenvalue weighted by Gasteiger charge is -2.08. The van der Waals surface area contributed by atoms with E-state index in [1.165, 1.54) is 0 Å². The van der Waals surface area contributed by atoms with Crippen molar-refractivity contribution in [1.82, 2.24) is 4.98 Å². The first-order chi connectivity index (χ1) is 5.25. The van der Waals surface area contributed by atoms with Gasteiger partial charge in [0.1, 0.15) is 0 Å². The van der Waals surface area contributed by atoms with Crippen LogP contribution in [-0.4, -0.2) is 4.98 Å². The molecule has 11 heavy (non-hydrogen) atoms. The predicted molar refractivity (Wildman–Crippen MR) is 46.2 cm³/mol. The average Bonchev–Trinajstić information content (AvgIpc) is 2.04. The van der Waals surface area contributed by atoms with Crippen molar-refractivity contribution in [1.29, 1.82) is 0 Å². The highest BCUT2D eigenvalue weighted by molar-refractivity contribution is 5.22. The number of aromatic nitrogens is 1. The Morgan fingerprint density at radius 2 is 2.36 bits per heavy atom. The van der Waals surface area contributed by atoms with Crippen molar-refractivity contribution in [3.05, 3.63) is 29.6 Å². The van der Waals surface area contributed by atoms with Crippen LogP contribution in [0, 0.1) is 0 Å². The SMILES string of the molecule is CCc1ncccc1C(C)N. The molecular formula is C9H14N2. The summed E-state index contributed by atoms with van der Waals surface area (Å²) >= 11 is 0. The number of pyridine rings is 1. The molecule has 0 bridgehead atoms. The first kappa shape index (κ1) is 8.21. The molecule has 0 aromatic carbocycles. The van der Waals surface area contributed by atoms with Crippen molar-refractivity contribution >= 4 is 0 Å². The summed E-state index contributed by atoms with van der Waals surface area (Å²) in [7, 11) is 0. The Balaban J connectivity index is 3.02. The lowest BCUT2D eigenvalue weighted by Crippen LogP contribution is -2.08. The summed E-state index contributed by atoms with van der Waals surface area (Å²) in [6, 6.07) is 4.06. The Bertz CT molecular complexity index is 231. The fourth-order valence-corrected chi connectivity index (χ4v) is 1.16. The van der Waals surface area contributed by atoms with Crippen LogP contribution in [0.25, 0.3) is 0 Å². The summed E-state index contributed by atoms with van der Waals surface area (Å²) < 4.78 is 0. The van der Waals surface area contributed by atoms with Crippen molar-refractivity contribution in [2.24, 2.45) is 5.73 Å². The molecule has 1 aromatic rings. The van der Waals surface area contributed by atoms with Crippen molar-refractivity contribution in [2.45, 2.75) is 26.3 Å². The number of rotatable bonds is 2. The summed E-state index contributed by atoms with van der Waals surface area (Å²) in [5, 5.41) is 0. The largest absolute Gasteiger partial charge is 0.324 e. The first-order valence-corrected chi connectivity index (χ1v) is 3.95. The van der Waals surface area contributed by atoms with E-state index in [4.69, 9.17) is 5.73 Å². The molecular weight excluding hydrogens is 136 g/mol. The number of aryl methyl sites for hydroxylation is 1. The van der Waals surface area contributed by atoms with Gasteiger partial charge in [-0.1, -0.05) is 13.0 Å². The van der Waals surface area contributed by atoms with Crippen LogP contribution in [-0.2, 0) is 6.42 Å². The minimum atomic E-state index is 0.0960. The number of hydrogen-bond acceptors (Lipinski definition) is 2. The van der Waals surface area contributed by atoms with Gasteiger partial charge in [0.2, 0.25) is 0 Å². The number of nitrogens with zero attached hydrogens (tertiary/aromatic N) is 1. The molecule has 0 amide bonds. The van der Waals surface area contributed by atoms with E-state index in [9.17, 15) is 0 Å². The molecule has 2 nitrogen and oxygen atoms in total. The molecule has 0 aliphatic rings. The van der Waals surface area contributed by atoms with Crippen LogP contribution < -0.4 is 5.73 Å². The van der Waals surface area contributed by atoms with Crippen molar-refractivity contribution in [3.8, 4) is 0 Å². The van der Waals surface area contributed by atoms with Gasteiger partial charge in [-0.25, -0.2) is 0 Å². The van der Waals surface area contributed by atoms with Gasteiger partial charge in [-0.2, -0.15) is 0 Å². The molecule has 0 saturated carbocycles. The van der Waals surface area contributed by atoms with E-state index < -0.39 is 0 Å². The molecule has 0 spiro atoms. The highest BCUT2D eigenvalue weighted by Crippen LogP contribution is 2.12. The third kappa shape index (κ3) is 1.77. The predicted octanol–water partition coefficient (Wildman–Crippen LogP) is 1.66. The smallest absolute Gasteiger partial charge is 0.0448 e. The number of nitrogens with two attached hydrogens (primary N) is 1. The van der Waals surface area contributed by atoms with Gasteiger partial charge in [0.15, 0.2) is 0 Å². The van der Waals surface area contributed by atoms with Crippen molar-refractivity contribution in [3.63, 3.8) is 0 Å². The quantitative estimate of drug-likeness (QED) is 0.696. The van der Waals surface area contributed by atoms with Crippen molar-refractivity contribution < 1.29 is 0 Å². The Labute approximate surface area is 67.5 Å². The molecule has 1 atom stereocenters. The maximum Gasteiger partial charge on any atom is 0.0448 e. The second-order valence-corrected chi connectivity index (χ2v) is 2.68. The van der Waals surface area contributed by atoms with Crippen LogP contribution in [0.4, 0.5) is 0 Å². The second-order valence-electron chi connectivity index (χ2n) is 2.68. The van der Waals surface area contributed by atoms with Crippen LogP contribution in [0.15, 0.2) is 18.3 Å². The van der Waals surface area contributed by atoms with Gasteiger partial charge in [-0.3, -0.25) is 4.98 Å². The highest BCUT2D eigenvalue weighted by atomic mass is 14.7. The summed E-state index contributed by atoms with van der Waals surface area (Å²) in [6.07, 6.45) is 2.77. The van der Waals surface area contributed by atoms with E-state index in [0.29, 0.717) is 0 Å². The van der Waals surface area contributed by atoms with Gasteiger partial charge in [0, 0.05) is 17.9 Å². The van der Waals surface area contributed by atoms with Gasteiger partial charge >= 0.3 is 0 Å².